The number of nitrogens with one attached hydrogen (secondary N) is 2. The summed E-state index contributed by atoms with van der Waals surface area (Å²) in [6.45, 7) is 4.47. The van der Waals surface area contributed by atoms with E-state index in [2.05, 4.69) is 26.5 Å². The van der Waals surface area contributed by atoms with Crippen LogP contribution in [-0.2, 0) is 0 Å². The standard InChI is InChI=1S/C30H33ClFN5O3/c1-40-28-8-4-3-7-27(28)36-17-15-35(16-18-36)26-12-10-21(19-23(26)29(38)37-13-5-2-6-14-37)33-30(39)34-22-9-11-25(32)24(31)20-22/h3-4,7-12,19-20H,2,5-6,13-18H2,1H3,(H2,33,34,39). The maximum Gasteiger partial charge on any atom is 0.323 e. The van der Waals surface area contributed by atoms with Gasteiger partial charge in [0, 0.05) is 56.3 Å². The van der Waals surface area contributed by atoms with Gasteiger partial charge in [-0.05, 0) is 67.8 Å². The van der Waals surface area contributed by atoms with E-state index < -0.39 is 11.8 Å². The number of piperidine rings is 1. The number of amides is 3. The lowest BCUT2D eigenvalue weighted by molar-refractivity contribution is 0.0725. The number of rotatable bonds is 6. The van der Waals surface area contributed by atoms with Crippen molar-refractivity contribution in [3.63, 3.8) is 0 Å². The van der Waals surface area contributed by atoms with Crippen LogP contribution in [-0.4, -0.2) is 63.2 Å². The first kappa shape index (κ1) is 27.6. The molecule has 0 aromatic heterocycles. The van der Waals surface area contributed by atoms with Crippen molar-refractivity contribution < 1.29 is 18.7 Å². The summed E-state index contributed by atoms with van der Waals surface area (Å²) in [5.41, 5.74) is 3.32. The largest absolute Gasteiger partial charge is 0.495 e. The van der Waals surface area contributed by atoms with Crippen molar-refractivity contribution in [2.45, 2.75) is 19.3 Å². The van der Waals surface area contributed by atoms with Gasteiger partial charge in [0.1, 0.15) is 11.6 Å². The van der Waals surface area contributed by atoms with Crippen molar-refractivity contribution in [2.75, 3.05) is 66.8 Å². The van der Waals surface area contributed by atoms with Crippen LogP contribution in [0.1, 0.15) is 29.6 Å². The van der Waals surface area contributed by atoms with E-state index in [1.807, 2.05) is 29.2 Å². The highest BCUT2D eigenvalue weighted by molar-refractivity contribution is 6.31. The molecule has 3 aromatic carbocycles. The van der Waals surface area contributed by atoms with Gasteiger partial charge in [-0.15, -0.1) is 0 Å². The number of halogens is 2. The number of carbonyl (C=O) groups is 2. The molecule has 0 radical (unpaired) electrons. The van der Waals surface area contributed by atoms with Gasteiger partial charge in [0.25, 0.3) is 5.91 Å². The lowest BCUT2D eigenvalue weighted by Gasteiger charge is -2.39. The minimum absolute atomic E-state index is 0.0313. The van der Waals surface area contributed by atoms with Crippen LogP contribution in [0.5, 0.6) is 5.75 Å². The van der Waals surface area contributed by atoms with Gasteiger partial charge in [-0.3, -0.25) is 4.79 Å². The number of likely N-dealkylation sites (tertiary alicyclic amines) is 1. The Labute approximate surface area is 238 Å². The Morgan fingerprint density at radius 1 is 0.800 bits per heavy atom. The van der Waals surface area contributed by atoms with Gasteiger partial charge in [0.15, 0.2) is 0 Å². The number of para-hydroxylation sites is 2. The molecule has 0 bridgehead atoms. The second-order valence-corrected chi connectivity index (χ2v) is 10.3. The first-order chi connectivity index (χ1) is 19.4. The molecule has 10 heteroatoms. The molecule has 2 N–H and O–H groups in total. The number of urea groups is 1. The summed E-state index contributed by atoms with van der Waals surface area (Å²) >= 11 is 5.83. The Kier molecular flexibility index (Phi) is 8.60. The lowest BCUT2D eigenvalue weighted by Crippen LogP contribution is -2.47. The molecule has 2 heterocycles. The molecule has 5 rings (SSSR count). The van der Waals surface area contributed by atoms with Crippen molar-refractivity contribution in [3.05, 3.63) is 77.1 Å². The summed E-state index contributed by atoms with van der Waals surface area (Å²) in [6, 6.07) is 16.9. The molecular weight excluding hydrogens is 533 g/mol. The Morgan fingerprint density at radius 2 is 1.43 bits per heavy atom. The molecule has 0 spiro atoms. The predicted octanol–water partition coefficient (Wildman–Crippen LogP) is 6.08. The molecular formula is C30H33ClFN5O3. The molecule has 3 amide bonds. The van der Waals surface area contributed by atoms with Gasteiger partial charge in [-0.25, -0.2) is 9.18 Å². The maximum atomic E-state index is 13.7. The van der Waals surface area contributed by atoms with E-state index >= 15 is 0 Å². The Balaban J connectivity index is 1.34. The number of methoxy groups -OCH3 is 1. The van der Waals surface area contributed by atoms with Crippen molar-refractivity contribution in [1.82, 2.24) is 4.90 Å². The molecule has 0 aliphatic carbocycles. The van der Waals surface area contributed by atoms with Crippen LogP contribution < -0.4 is 25.2 Å². The molecule has 3 aromatic rings. The third-order valence-corrected chi connectivity index (χ3v) is 7.64. The minimum atomic E-state index is -0.562. The Morgan fingerprint density at radius 3 is 2.10 bits per heavy atom. The first-order valence-electron chi connectivity index (χ1n) is 13.5. The molecule has 210 valence electrons. The molecule has 0 saturated carbocycles. The fraction of sp³-hybridized carbons (Fsp3) is 0.333. The monoisotopic (exact) mass is 565 g/mol. The number of nitrogens with zero attached hydrogens (tertiary/aromatic N) is 3. The first-order valence-corrected chi connectivity index (χ1v) is 13.9. The number of ether oxygens (including phenoxy) is 1. The van der Waals surface area contributed by atoms with Crippen LogP contribution in [0.2, 0.25) is 5.02 Å². The summed E-state index contributed by atoms with van der Waals surface area (Å²) in [5.74, 6) is 0.248. The van der Waals surface area contributed by atoms with E-state index in [4.69, 9.17) is 16.3 Å². The summed E-state index contributed by atoms with van der Waals surface area (Å²) in [6.07, 6.45) is 3.09. The van der Waals surface area contributed by atoms with E-state index in [0.717, 1.165) is 75.7 Å². The fourth-order valence-corrected chi connectivity index (χ4v) is 5.46. The lowest BCUT2D eigenvalue weighted by atomic mass is 10.1. The van der Waals surface area contributed by atoms with E-state index in [1.165, 1.54) is 18.2 Å². The van der Waals surface area contributed by atoms with Crippen LogP contribution in [0.4, 0.5) is 31.9 Å². The predicted molar refractivity (Wildman–Crippen MR) is 158 cm³/mol. The van der Waals surface area contributed by atoms with E-state index in [9.17, 15) is 14.0 Å². The highest BCUT2D eigenvalue weighted by Gasteiger charge is 2.26. The Bertz CT molecular complexity index is 1370. The maximum absolute atomic E-state index is 13.7. The summed E-state index contributed by atoms with van der Waals surface area (Å²) in [5, 5.41) is 5.37. The molecule has 0 unspecified atom stereocenters. The second-order valence-electron chi connectivity index (χ2n) is 9.94. The van der Waals surface area contributed by atoms with Crippen molar-refractivity contribution in [1.29, 1.82) is 0 Å². The van der Waals surface area contributed by atoms with Gasteiger partial charge < -0.3 is 30.1 Å². The van der Waals surface area contributed by atoms with Crippen LogP contribution >= 0.6 is 11.6 Å². The highest BCUT2D eigenvalue weighted by Crippen LogP contribution is 2.32. The number of piperazine rings is 1. The summed E-state index contributed by atoms with van der Waals surface area (Å²) in [7, 11) is 1.68. The summed E-state index contributed by atoms with van der Waals surface area (Å²) < 4.78 is 19.0. The fourth-order valence-electron chi connectivity index (χ4n) is 5.27. The third-order valence-electron chi connectivity index (χ3n) is 7.35. The molecule has 2 fully saturated rings. The highest BCUT2D eigenvalue weighted by atomic mass is 35.5. The third kappa shape index (κ3) is 6.25. The second kappa shape index (κ2) is 12.5. The Hall–Kier alpha value is -3.98. The van der Waals surface area contributed by atoms with Gasteiger partial charge in [0.2, 0.25) is 0 Å². The average molecular weight is 566 g/mol. The molecule has 40 heavy (non-hydrogen) atoms. The van der Waals surface area contributed by atoms with E-state index in [0.29, 0.717) is 16.9 Å². The zero-order valence-electron chi connectivity index (χ0n) is 22.5. The molecule has 2 aliphatic heterocycles. The molecule has 2 aliphatic rings. The van der Waals surface area contributed by atoms with Crippen LogP contribution in [0.15, 0.2) is 60.7 Å². The van der Waals surface area contributed by atoms with Crippen LogP contribution in [0.25, 0.3) is 0 Å². The average Bonchev–Trinajstić information content (AvgIpc) is 2.99. The normalized spacial score (nSPS) is 15.5. The van der Waals surface area contributed by atoms with E-state index in [-0.39, 0.29) is 10.9 Å². The topological polar surface area (TPSA) is 77.1 Å². The van der Waals surface area contributed by atoms with Gasteiger partial charge in [-0.2, -0.15) is 0 Å². The minimum Gasteiger partial charge on any atom is -0.495 e. The van der Waals surface area contributed by atoms with Crippen LogP contribution in [0, 0.1) is 5.82 Å². The smallest absolute Gasteiger partial charge is 0.323 e. The molecule has 0 atom stereocenters. The quantitative estimate of drug-likeness (QED) is 0.378. The number of anilines is 4. The van der Waals surface area contributed by atoms with Crippen molar-refractivity contribution in [3.8, 4) is 5.75 Å². The molecule has 8 nitrogen and oxygen atoms in total. The number of hydrogen-bond donors (Lipinski definition) is 2. The zero-order chi connectivity index (χ0) is 28.1. The SMILES string of the molecule is COc1ccccc1N1CCN(c2ccc(NC(=O)Nc3ccc(F)c(Cl)c3)cc2C(=O)N2CCCCC2)CC1. The van der Waals surface area contributed by atoms with Crippen LogP contribution in [0.3, 0.4) is 0 Å². The van der Waals surface area contributed by atoms with Gasteiger partial charge in [-0.1, -0.05) is 23.7 Å². The summed E-state index contributed by atoms with van der Waals surface area (Å²) in [4.78, 5) is 32.8. The van der Waals surface area contributed by atoms with E-state index in [1.54, 1.807) is 19.2 Å². The number of carbonyl (C=O) groups excluding carboxylic acids is 2. The van der Waals surface area contributed by atoms with Crippen molar-refractivity contribution >= 4 is 46.3 Å². The van der Waals surface area contributed by atoms with Gasteiger partial charge >= 0.3 is 6.03 Å². The number of benzene rings is 3. The zero-order valence-corrected chi connectivity index (χ0v) is 23.2. The van der Waals surface area contributed by atoms with Crippen molar-refractivity contribution in [2.24, 2.45) is 0 Å². The molecule has 2 saturated heterocycles. The van der Waals surface area contributed by atoms with Gasteiger partial charge in [0.05, 0.1) is 23.4 Å². The number of hydrogen-bond acceptors (Lipinski definition) is 5.